The lowest BCUT2D eigenvalue weighted by molar-refractivity contribution is 1.18. The van der Waals surface area contributed by atoms with Crippen LogP contribution in [0.15, 0.2) is 152 Å². The van der Waals surface area contributed by atoms with E-state index >= 15 is 0 Å². The standard InChI is InChI=1S/C43H25N3/c1-2-7-30(8-3-1)43-45-37(26-19-21-44-22-20-26)25-38(46-43)32-23-31-18-17-29-10-5-13-34-33-12-4-9-27-15-16-28-11-6-14-35(41(28)39(27)33)36(24-32)42(31)40(29)34/h1-25H. The topological polar surface area (TPSA) is 38.7 Å². The van der Waals surface area contributed by atoms with E-state index in [1.807, 2.05) is 42.7 Å². The molecule has 10 aromatic rings. The molecule has 10 rings (SSSR count). The summed E-state index contributed by atoms with van der Waals surface area (Å²) in [5.74, 6) is 0.703. The van der Waals surface area contributed by atoms with Gasteiger partial charge in [0.15, 0.2) is 5.82 Å². The van der Waals surface area contributed by atoms with Crippen molar-refractivity contribution in [3.63, 3.8) is 0 Å². The second kappa shape index (κ2) is 9.65. The zero-order chi connectivity index (χ0) is 30.2. The van der Waals surface area contributed by atoms with E-state index in [9.17, 15) is 0 Å². The van der Waals surface area contributed by atoms with E-state index < -0.39 is 0 Å². The van der Waals surface area contributed by atoms with Gasteiger partial charge in [-0.1, -0.05) is 109 Å². The Balaban J connectivity index is 1.39. The fourth-order valence-corrected chi connectivity index (χ4v) is 7.41. The number of aromatic nitrogens is 3. The first kappa shape index (κ1) is 25.2. The second-order valence-corrected chi connectivity index (χ2v) is 12.0. The molecule has 212 valence electrons. The van der Waals surface area contributed by atoms with Crippen molar-refractivity contribution in [1.82, 2.24) is 15.0 Å². The molecule has 0 saturated heterocycles. The lowest BCUT2D eigenvalue weighted by atomic mass is 9.87. The molecule has 0 spiro atoms. The highest BCUT2D eigenvalue weighted by molar-refractivity contribution is 6.37. The molecule has 0 atom stereocenters. The third-order valence-corrected chi connectivity index (χ3v) is 9.45. The van der Waals surface area contributed by atoms with Crippen LogP contribution in [0.25, 0.3) is 98.5 Å². The SMILES string of the molecule is c1ccc(-c2nc(-c3ccncc3)cc(-c3cc4ccc5cccc6c7cccc8ccc9cccc(c(c3)c4c56)c9c87)n2)cc1. The maximum absolute atomic E-state index is 5.20. The Morgan fingerprint density at radius 3 is 1.46 bits per heavy atom. The molecule has 0 bridgehead atoms. The van der Waals surface area contributed by atoms with Crippen LogP contribution in [0.4, 0.5) is 0 Å². The summed E-state index contributed by atoms with van der Waals surface area (Å²) in [5, 5.41) is 15.2. The summed E-state index contributed by atoms with van der Waals surface area (Å²) in [6.07, 6.45) is 3.63. The fraction of sp³-hybridized carbons (Fsp3) is 0. The molecule has 3 heteroatoms. The van der Waals surface area contributed by atoms with Crippen molar-refractivity contribution in [1.29, 1.82) is 0 Å². The minimum absolute atomic E-state index is 0.703. The minimum Gasteiger partial charge on any atom is -0.265 e. The van der Waals surface area contributed by atoms with Crippen LogP contribution < -0.4 is 0 Å². The lowest BCUT2D eigenvalue weighted by Crippen LogP contribution is -1.96. The number of fused-ring (bicyclic) bond motifs is 2. The van der Waals surface area contributed by atoms with Crippen LogP contribution >= 0.6 is 0 Å². The van der Waals surface area contributed by atoms with E-state index in [0.29, 0.717) is 5.82 Å². The van der Waals surface area contributed by atoms with Gasteiger partial charge in [0.2, 0.25) is 0 Å². The van der Waals surface area contributed by atoms with Gasteiger partial charge in [0.25, 0.3) is 0 Å². The van der Waals surface area contributed by atoms with Gasteiger partial charge in [-0.3, -0.25) is 4.98 Å². The summed E-state index contributed by atoms with van der Waals surface area (Å²) in [7, 11) is 0. The maximum Gasteiger partial charge on any atom is 0.160 e. The highest BCUT2D eigenvalue weighted by atomic mass is 14.9. The Kier molecular flexibility index (Phi) is 5.28. The van der Waals surface area contributed by atoms with Crippen molar-refractivity contribution < 1.29 is 0 Å². The van der Waals surface area contributed by atoms with Crippen molar-refractivity contribution in [2.75, 3.05) is 0 Å². The first-order valence-electron chi connectivity index (χ1n) is 15.6. The summed E-state index contributed by atoms with van der Waals surface area (Å²) >= 11 is 0. The Hall–Kier alpha value is -6.19. The molecular weight excluding hydrogens is 558 g/mol. The smallest absolute Gasteiger partial charge is 0.160 e. The summed E-state index contributed by atoms with van der Waals surface area (Å²) in [4.78, 5) is 14.5. The van der Waals surface area contributed by atoms with Gasteiger partial charge in [0.05, 0.1) is 11.4 Å². The molecule has 46 heavy (non-hydrogen) atoms. The van der Waals surface area contributed by atoms with Gasteiger partial charge < -0.3 is 0 Å². The van der Waals surface area contributed by atoms with Gasteiger partial charge in [0.1, 0.15) is 0 Å². The Labute approximate surface area is 264 Å². The largest absolute Gasteiger partial charge is 0.265 e. The van der Waals surface area contributed by atoms with Crippen molar-refractivity contribution in [2.24, 2.45) is 0 Å². The monoisotopic (exact) mass is 583 g/mol. The third-order valence-electron chi connectivity index (χ3n) is 9.45. The van der Waals surface area contributed by atoms with Crippen LogP contribution in [-0.2, 0) is 0 Å². The average Bonchev–Trinajstić information content (AvgIpc) is 3.13. The Morgan fingerprint density at radius 2 is 0.848 bits per heavy atom. The van der Waals surface area contributed by atoms with Crippen molar-refractivity contribution in [3.8, 4) is 33.9 Å². The highest BCUT2D eigenvalue weighted by Crippen LogP contribution is 2.44. The van der Waals surface area contributed by atoms with Crippen LogP contribution in [0.2, 0.25) is 0 Å². The number of rotatable bonds is 3. The number of nitrogens with zero attached hydrogens (tertiary/aromatic N) is 3. The first-order chi connectivity index (χ1) is 22.8. The zero-order valence-corrected chi connectivity index (χ0v) is 24.8. The Morgan fingerprint density at radius 1 is 0.326 bits per heavy atom. The predicted octanol–water partition coefficient (Wildman–Crippen LogP) is 11.2. The molecule has 0 amide bonds. The van der Waals surface area contributed by atoms with Gasteiger partial charge >= 0.3 is 0 Å². The molecule has 8 aromatic carbocycles. The third kappa shape index (κ3) is 3.69. The molecule has 0 N–H and O–H groups in total. The molecular formula is C43H25N3. The second-order valence-electron chi connectivity index (χ2n) is 12.0. The predicted molar refractivity (Wildman–Crippen MR) is 192 cm³/mol. The molecule has 0 aliphatic carbocycles. The molecule has 0 aliphatic heterocycles. The maximum atomic E-state index is 5.20. The zero-order valence-electron chi connectivity index (χ0n) is 24.8. The molecule has 0 saturated carbocycles. The quantitative estimate of drug-likeness (QED) is 0.194. The molecule has 0 radical (unpaired) electrons. The van der Waals surface area contributed by atoms with Crippen LogP contribution in [0.1, 0.15) is 0 Å². The first-order valence-corrected chi connectivity index (χ1v) is 15.6. The van der Waals surface area contributed by atoms with Crippen LogP contribution in [-0.4, -0.2) is 15.0 Å². The van der Waals surface area contributed by atoms with E-state index in [0.717, 1.165) is 28.1 Å². The molecule has 0 fully saturated rings. The van der Waals surface area contributed by atoms with Crippen molar-refractivity contribution in [3.05, 3.63) is 152 Å². The molecule has 2 aromatic heterocycles. The van der Waals surface area contributed by atoms with E-state index in [-0.39, 0.29) is 0 Å². The van der Waals surface area contributed by atoms with Crippen LogP contribution in [0, 0.1) is 0 Å². The van der Waals surface area contributed by atoms with Crippen molar-refractivity contribution >= 4 is 64.6 Å². The molecule has 3 nitrogen and oxygen atoms in total. The van der Waals surface area contributed by atoms with E-state index in [1.165, 1.54) is 64.6 Å². The summed E-state index contributed by atoms with van der Waals surface area (Å²) in [5.41, 5.74) is 4.82. The number of benzene rings is 7. The van der Waals surface area contributed by atoms with E-state index in [4.69, 9.17) is 9.97 Å². The summed E-state index contributed by atoms with van der Waals surface area (Å²) in [6, 6.07) is 50.2. The average molecular weight is 584 g/mol. The van der Waals surface area contributed by atoms with E-state index in [2.05, 4.69) is 114 Å². The normalized spacial score (nSPS) is 11.9. The number of hydrogen-bond donors (Lipinski definition) is 0. The number of pyridine rings is 1. The number of hydrogen-bond acceptors (Lipinski definition) is 3. The minimum atomic E-state index is 0.703. The Bertz CT molecular complexity index is 2720. The van der Waals surface area contributed by atoms with Gasteiger partial charge in [-0.15, -0.1) is 0 Å². The summed E-state index contributed by atoms with van der Waals surface area (Å²) < 4.78 is 0. The van der Waals surface area contributed by atoms with Crippen molar-refractivity contribution in [2.45, 2.75) is 0 Å². The van der Waals surface area contributed by atoms with Gasteiger partial charge in [-0.05, 0) is 95.0 Å². The van der Waals surface area contributed by atoms with Gasteiger partial charge in [-0.2, -0.15) is 0 Å². The van der Waals surface area contributed by atoms with Gasteiger partial charge in [0, 0.05) is 29.1 Å². The molecule has 2 heterocycles. The van der Waals surface area contributed by atoms with E-state index in [1.54, 1.807) is 0 Å². The van der Waals surface area contributed by atoms with Gasteiger partial charge in [-0.25, -0.2) is 9.97 Å². The van der Waals surface area contributed by atoms with Crippen LogP contribution in [0.5, 0.6) is 0 Å². The highest BCUT2D eigenvalue weighted by Gasteiger charge is 2.17. The fourth-order valence-electron chi connectivity index (χ4n) is 7.41. The van der Waals surface area contributed by atoms with Crippen LogP contribution in [0.3, 0.4) is 0 Å². The summed E-state index contributed by atoms with van der Waals surface area (Å²) in [6.45, 7) is 0. The lowest BCUT2D eigenvalue weighted by Gasteiger charge is -2.17. The molecule has 0 unspecified atom stereocenters. The molecule has 0 aliphatic rings.